The van der Waals surface area contributed by atoms with Gasteiger partial charge in [0.1, 0.15) is 5.75 Å². The molecule has 1 aliphatic heterocycles. The Morgan fingerprint density at radius 2 is 2.12 bits per heavy atom. The van der Waals surface area contributed by atoms with E-state index in [2.05, 4.69) is 6.58 Å². The maximum absolute atomic E-state index is 11.2. The second-order valence-electron chi connectivity index (χ2n) is 3.97. The van der Waals surface area contributed by atoms with Crippen LogP contribution in [0.4, 0.5) is 0 Å². The van der Waals surface area contributed by atoms with Crippen molar-refractivity contribution < 1.29 is 14.3 Å². The second-order valence-corrected chi connectivity index (χ2v) is 3.97. The van der Waals surface area contributed by atoms with Gasteiger partial charge >= 0.3 is 5.97 Å². The lowest BCUT2D eigenvalue weighted by atomic mass is 10.1. The first kappa shape index (κ1) is 10.9. The first-order valence-corrected chi connectivity index (χ1v) is 5.23. The van der Waals surface area contributed by atoms with E-state index in [1.165, 1.54) is 5.56 Å². The van der Waals surface area contributed by atoms with E-state index in [-0.39, 0.29) is 0 Å². The fourth-order valence-corrected chi connectivity index (χ4v) is 1.34. The van der Waals surface area contributed by atoms with E-state index in [9.17, 15) is 4.79 Å². The lowest BCUT2D eigenvalue weighted by Gasteiger charge is -2.04. The van der Waals surface area contributed by atoms with E-state index in [4.69, 9.17) is 9.47 Å². The number of carbonyl (C=O) groups is 1. The average molecular weight is 218 g/mol. The van der Waals surface area contributed by atoms with Gasteiger partial charge in [0.05, 0.1) is 12.7 Å². The minimum atomic E-state index is -0.390. The highest BCUT2D eigenvalue weighted by atomic mass is 16.6. The van der Waals surface area contributed by atoms with Gasteiger partial charge < -0.3 is 9.47 Å². The number of hydrogen-bond donors (Lipinski definition) is 0. The van der Waals surface area contributed by atoms with E-state index in [1.54, 1.807) is 19.1 Å². The van der Waals surface area contributed by atoms with E-state index < -0.39 is 5.97 Å². The standard InChI is InChI=1S/C13H14O3/c1-9(2)13(14)16-11-5-3-10(4-6-11)7-12-8-15-12/h3-6,12H,1,7-8H2,2H3. The summed E-state index contributed by atoms with van der Waals surface area (Å²) in [6.07, 6.45) is 1.30. The Morgan fingerprint density at radius 1 is 1.50 bits per heavy atom. The van der Waals surface area contributed by atoms with Gasteiger partial charge in [-0.05, 0) is 24.6 Å². The number of rotatable bonds is 4. The Labute approximate surface area is 94.7 Å². The van der Waals surface area contributed by atoms with Crippen LogP contribution in [0.1, 0.15) is 12.5 Å². The maximum atomic E-state index is 11.2. The largest absolute Gasteiger partial charge is 0.423 e. The smallest absolute Gasteiger partial charge is 0.338 e. The average Bonchev–Trinajstić information content (AvgIpc) is 3.04. The van der Waals surface area contributed by atoms with Crippen molar-refractivity contribution in [2.24, 2.45) is 0 Å². The van der Waals surface area contributed by atoms with E-state index in [0.717, 1.165) is 13.0 Å². The molecule has 16 heavy (non-hydrogen) atoms. The zero-order valence-corrected chi connectivity index (χ0v) is 9.23. The SMILES string of the molecule is C=C(C)C(=O)Oc1ccc(CC2CO2)cc1. The summed E-state index contributed by atoms with van der Waals surface area (Å²) >= 11 is 0. The molecule has 1 fully saturated rings. The van der Waals surface area contributed by atoms with Crippen LogP contribution in [0, 0.1) is 0 Å². The number of epoxide rings is 1. The molecule has 0 spiro atoms. The van der Waals surface area contributed by atoms with Crippen LogP contribution in [-0.2, 0) is 16.0 Å². The Balaban J connectivity index is 1.95. The maximum Gasteiger partial charge on any atom is 0.338 e. The van der Waals surface area contributed by atoms with Crippen LogP contribution in [0.3, 0.4) is 0 Å². The van der Waals surface area contributed by atoms with E-state index in [1.807, 2.05) is 12.1 Å². The van der Waals surface area contributed by atoms with Crippen molar-refractivity contribution in [1.82, 2.24) is 0 Å². The molecule has 0 aliphatic carbocycles. The molecule has 1 aliphatic rings. The number of esters is 1. The van der Waals surface area contributed by atoms with Crippen LogP contribution < -0.4 is 4.74 Å². The van der Waals surface area contributed by atoms with Crippen LogP contribution in [-0.4, -0.2) is 18.7 Å². The fourth-order valence-electron chi connectivity index (χ4n) is 1.34. The molecule has 0 saturated carbocycles. The van der Waals surface area contributed by atoms with Crippen LogP contribution in [0.25, 0.3) is 0 Å². The highest BCUT2D eigenvalue weighted by Gasteiger charge is 2.22. The zero-order chi connectivity index (χ0) is 11.5. The molecular weight excluding hydrogens is 204 g/mol. The molecule has 0 radical (unpaired) electrons. The van der Waals surface area contributed by atoms with Crippen LogP contribution in [0.2, 0.25) is 0 Å². The Kier molecular flexibility index (Phi) is 3.06. The molecule has 1 aromatic carbocycles. The molecule has 1 saturated heterocycles. The van der Waals surface area contributed by atoms with Gasteiger partial charge in [0, 0.05) is 12.0 Å². The van der Waals surface area contributed by atoms with Crippen molar-refractivity contribution in [1.29, 1.82) is 0 Å². The predicted molar refractivity (Wildman–Crippen MR) is 60.3 cm³/mol. The molecule has 3 nitrogen and oxygen atoms in total. The van der Waals surface area contributed by atoms with Gasteiger partial charge in [0.15, 0.2) is 0 Å². The van der Waals surface area contributed by atoms with Gasteiger partial charge in [-0.2, -0.15) is 0 Å². The Morgan fingerprint density at radius 3 is 2.62 bits per heavy atom. The van der Waals surface area contributed by atoms with Crippen LogP contribution in [0.5, 0.6) is 5.75 Å². The molecule has 1 unspecified atom stereocenters. The lowest BCUT2D eigenvalue weighted by Crippen LogP contribution is -2.08. The normalized spacial score (nSPS) is 17.9. The van der Waals surface area contributed by atoms with E-state index in [0.29, 0.717) is 17.4 Å². The third-order valence-electron chi connectivity index (χ3n) is 2.35. The van der Waals surface area contributed by atoms with Gasteiger partial charge in [-0.1, -0.05) is 18.7 Å². The third kappa shape index (κ3) is 2.94. The molecule has 1 heterocycles. The summed E-state index contributed by atoms with van der Waals surface area (Å²) in [4.78, 5) is 11.2. The van der Waals surface area contributed by atoms with Crippen molar-refractivity contribution in [3.63, 3.8) is 0 Å². The fraction of sp³-hybridized carbons (Fsp3) is 0.308. The van der Waals surface area contributed by atoms with Gasteiger partial charge in [-0.3, -0.25) is 0 Å². The first-order chi connectivity index (χ1) is 7.65. The Hall–Kier alpha value is -1.61. The first-order valence-electron chi connectivity index (χ1n) is 5.23. The minimum absolute atomic E-state index is 0.379. The summed E-state index contributed by atoms with van der Waals surface area (Å²) < 4.78 is 10.2. The van der Waals surface area contributed by atoms with Crippen molar-refractivity contribution in [2.75, 3.05) is 6.61 Å². The highest BCUT2D eigenvalue weighted by Crippen LogP contribution is 2.19. The van der Waals surface area contributed by atoms with Crippen molar-refractivity contribution >= 4 is 5.97 Å². The molecule has 84 valence electrons. The molecule has 0 N–H and O–H groups in total. The van der Waals surface area contributed by atoms with Crippen molar-refractivity contribution in [3.05, 3.63) is 42.0 Å². The van der Waals surface area contributed by atoms with Gasteiger partial charge in [-0.15, -0.1) is 0 Å². The summed E-state index contributed by atoms with van der Waals surface area (Å²) in [6, 6.07) is 7.47. The lowest BCUT2D eigenvalue weighted by molar-refractivity contribution is -0.130. The number of benzene rings is 1. The molecule has 0 bridgehead atoms. The second kappa shape index (κ2) is 4.49. The quantitative estimate of drug-likeness (QED) is 0.336. The number of carbonyl (C=O) groups excluding carboxylic acids is 1. The molecule has 3 heteroatoms. The Bertz CT molecular complexity index is 402. The predicted octanol–water partition coefficient (Wildman–Crippen LogP) is 2.11. The molecule has 2 rings (SSSR count). The van der Waals surface area contributed by atoms with Crippen LogP contribution in [0.15, 0.2) is 36.4 Å². The highest BCUT2D eigenvalue weighted by molar-refractivity contribution is 5.88. The molecule has 1 aromatic rings. The van der Waals surface area contributed by atoms with Crippen molar-refractivity contribution in [3.8, 4) is 5.75 Å². The van der Waals surface area contributed by atoms with Crippen LogP contribution >= 0.6 is 0 Å². The minimum Gasteiger partial charge on any atom is -0.423 e. The summed E-state index contributed by atoms with van der Waals surface area (Å²) in [6.45, 7) is 6.01. The van der Waals surface area contributed by atoms with E-state index >= 15 is 0 Å². The van der Waals surface area contributed by atoms with Gasteiger partial charge in [0.25, 0.3) is 0 Å². The van der Waals surface area contributed by atoms with Gasteiger partial charge in [-0.25, -0.2) is 4.79 Å². The molecule has 1 atom stereocenters. The van der Waals surface area contributed by atoms with Gasteiger partial charge in [0.2, 0.25) is 0 Å². The topological polar surface area (TPSA) is 38.8 Å². The zero-order valence-electron chi connectivity index (χ0n) is 9.23. The molecule has 0 aromatic heterocycles. The number of ether oxygens (including phenoxy) is 2. The molecule has 0 amide bonds. The molecular formula is C13H14O3. The summed E-state index contributed by atoms with van der Waals surface area (Å²) in [5.41, 5.74) is 1.59. The number of hydrogen-bond acceptors (Lipinski definition) is 3. The monoisotopic (exact) mass is 218 g/mol. The third-order valence-corrected chi connectivity index (χ3v) is 2.35. The summed E-state index contributed by atoms with van der Waals surface area (Å²) in [7, 11) is 0. The summed E-state index contributed by atoms with van der Waals surface area (Å²) in [5, 5.41) is 0. The summed E-state index contributed by atoms with van der Waals surface area (Å²) in [5.74, 6) is 0.159. The van der Waals surface area contributed by atoms with Crippen molar-refractivity contribution in [2.45, 2.75) is 19.4 Å².